The SMILES string of the molecule is CCOC(=O)C1=C(C)N=c2sc(=Cc3ccc(C(C)C)cc3)c(=O)n2C1c1ccc(OC(C)=O)cc1. The lowest BCUT2D eigenvalue weighted by atomic mass is 9.96. The Hall–Kier alpha value is -3.78. The quantitative estimate of drug-likeness (QED) is 0.376. The Kier molecular flexibility index (Phi) is 7.35. The smallest absolute Gasteiger partial charge is 0.338 e. The summed E-state index contributed by atoms with van der Waals surface area (Å²) in [5, 5.41) is 0. The molecule has 36 heavy (non-hydrogen) atoms. The molecule has 1 unspecified atom stereocenters. The molecule has 186 valence electrons. The minimum atomic E-state index is -0.725. The summed E-state index contributed by atoms with van der Waals surface area (Å²) in [5.41, 5.74) is 3.37. The van der Waals surface area contributed by atoms with E-state index in [0.717, 1.165) is 5.56 Å². The van der Waals surface area contributed by atoms with Crippen molar-refractivity contribution in [1.82, 2.24) is 4.57 Å². The number of hydrogen-bond donors (Lipinski definition) is 0. The van der Waals surface area contributed by atoms with Crippen molar-refractivity contribution in [1.29, 1.82) is 0 Å². The van der Waals surface area contributed by atoms with Crippen LogP contribution in [0.3, 0.4) is 0 Å². The Morgan fingerprint density at radius 2 is 1.78 bits per heavy atom. The highest BCUT2D eigenvalue weighted by atomic mass is 32.1. The molecule has 0 radical (unpaired) electrons. The molecule has 2 aromatic carbocycles. The van der Waals surface area contributed by atoms with Gasteiger partial charge in [-0.2, -0.15) is 0 Å². The van der Waals surface area contributed by atoms with Crippen molar-refractivity contribution in [2.45, 2.75) is 46.6 Å². The van der Waals surface area contributed by atoms with Gasteiger partial charge < -0.3 is 9.47 Å². The van der Waals surface area contributed by atoms with Crippen LogP contribution in [0.15, 0.2) is 69.6 Å². The number of fused-ring (bicyclic) bond motifs is 1. The molecule has 0 spiro atoms. The number of hydrogen-bond acceptors (Lipinski definition) is 7. The molecule has 7 nitrogen and oxygen atoms in total. The maximum atomic E-state index is 13.7. The lowest BCUT2D eigenvalue weighted by Crippen LogP contribution is -2.39. The molecule has 2 heterocycles. The first-order valence-electron chi connectivity index (χ1n) is 11.8. The topological polar surface area (TPSA) is 87.0 Å². The summed E-state index contributed by atoms with van der Waals surface area (Å²) >= 11 is 1.28. The monoisotopic (exact) mass is 504 g/mol. The molecule has 0 N–H and O–H groups in total. The number of aromatic nitrogens is 1. The molecular formula is C28H28N2O5S. The lowest BCUT2D eigenvalue weighted by molar-refractivity contribution is -0.139. The Balaban J connectivity index is 1.86. The summed E-state index contributed by atoms with van der Waals surface area (Å²) in [6, 6.07) is 14.1. The number of benzene rings is 2. The Morgan fingerprint density at radius 3 is 2.36 bits per heavy atom. The van der Waals surface area contributed by atoms with Gasteiger partial charge in [0.05, 0.1) is 28.5 Å². The standard InChI is InChI=1S/C28H28N2O5S/c1-6-34-27(33)24-17(4)29-28-30(25(24)21-11-13-22(14-12-21)35-18(5)31)26(32)23(36-28)15-19-7-9-20(10-8-19)16(2)3/h7-16,25H,6H2,1-5H3. The molecule has 1 aromatic heterocycles. The van der Waals surface area contributed by atoms with E-state index in [0.29, 0.717) is 37.8 Å². The van der Waals surface area contributed by atoms with Gasteiger partial charge in [0.25, 0.3) is 5.56 Å². The number of carbonyl (C=O) groups excluding carboxylic acids is 2. The van der Waals surface area contributed by atoms with E-state index in [1.165, 1.54) is 23.8 Å². The minimum Gasteiger partial charge on any atom is -0.463 e. The second-order valence-electron chi connectivity index (χ2n) is 8.79. The predicted molar refractivity (Wildman–Crippen MR) is 139 cm³/mol. The van der Waals surface area contributed by atoms with Crippen molar-refractivity contribution in [3.63, 3.8) is 0 Å². The number of rotatable bonds is 6. The summed E-state index contributed by atoms with van der Waals surface area (Å²) in [4.78, 5) is 43.1. The summed E-state index contributed by atoms with van der Waals surface area (Å²) < 4.78 is 12.5. The van der Waals surface area contributed by atoms with Crippen LogP contribution in [0.2, 0.25) is 0 Å². The number of allylic oxidation sites excluding steroid dienone is 1. The van der Waals surface area contributed by atoms with E-state index in [2.05, 4.69) is 31.0 Å². The molecule has 0 fully saturated rings. The highest BCUT2D eigenvalue weighted by Crippen LogP contribution is 2.31. The van der Waals surface area contributed by atoms with Crippen LogP contribution in [0.1, 0.15) is 63.3 Å². The number of ether oxygens (including phenoxy) is 2. The summed E-state index contributed by atoms with van der Waals surface area (Å²) in [6.45, 7) is 9.27. The molecular weight excluding hydrogens is 476 g/mol. The van der Waals surface area contributed by atoms with Gasteiger partial charge in [0.1, 0.15) is 5.75 Å². The van der Waals surface area contributed by atoms with Gasteiger partial charge in [-0.05, 0) is 54.7 Å². The lowest BCUT2D eigenvalue weighted by Gasteiger charge is -2.24. The van der Waals surface area contributed by atoms with Crippen LogP contribution in [0.5, 0.6) is 5.75 Å². The third-order valence-corrected chi connectivity index (χ3v) is 6.86. The van der Waals surface area contributed by atoms with Crippen LogP contribution in [0.4, 0.5) is 0 Å². The number of esters is 2. The van der Waals surface area contributed by atoms with Crippen LogP contribution < -0.4 is 19.6 Å². The van der Waals surface area contributed by atoms with Gasteiger partial charge in [0, 0.05) is 6.92 Å². The average molecular weight is 505 g/mol. The number of carbonyl (C=O) groups is 2. The zero-order valence-electron chi connectivity index (χ0n) is 20.9. The molecule has 4 rings (SSSR count). The third-order valence-electron chi connectivity index (χ3n) is 5.88. The molecule has 1 aliphatic heterocycles. The molecule has 0 bridgehead atoms. The van der Waals surface area contributed by atoms with Gasteiger partial charge >= 0.3 is 11.9 Å². The van der Waals surface area contributed by atoms with Crippen LogP contribution in [0.25, 0.3) is 6.08 Å². The van der Waals surface area contributed by atoms with Crippen LogP contribution >= 0.6 is 11.3 Å². The second-order valence-corrected chi connectivity index (χ2v) is 9.80. The van der Waals surface area contributed by atoms with E-state index in [9.17, 15) is 14.4 Å². The van der Waals surface area contributed by atoms with E-state index in [1.807, 2.05) is 18.2 Å². The van der Waals surface area contributed by atoms with E-state index in [1.54, 1.807) is 42.7 Å². The Labute approximate surface area is 213 Å². The molecule has 0 saturated heterocycles. The second kappa shape index (κ2) is 10.5. The molecule has 0 amide bonds. The average Bonchev–Trinajstić information content (AvgIpc) is 3.13. The molecule has 3 aromatic rings. The first kappa shape index (κ1) is 25.3. The van der Waals surface area contributed by atoms with Gasteiger partial charge in [-0.1, -0.05) is 61.6 Å². The van der Waals surface area contributed by atoms with Crippen molar-refractivity contribution >= 4 is 29.4 Å². The van der Waals surface area contributed by atoms with Crippen LogP contribution in [-0.2, 0) is 14.3 Å². The van der Waals surface area contributed by atoms with Crippen LogP contribution in [0, 0.1) is 0 Å². The molecule has 8 heteroatoms. The Bertz CT molecular complexity index is 1510. The summed E-state index contributed by atoms with van der Waals surface area (Å²) in [5.74, 6) is -0.158. The van der Waals surface area contributed by atoms with E-state index in [-0.39, 0.29) is 12.2 Å². The van der Waals surface area contributed by atoms with Crippen molar-refractivity contribution in [2.75, 3.05) is 6.61 Å². The van der Waals surface area contributed by atoms with Gasteiger partial charge in [0.2, 0.25) is 0 Å². The van der Waals surface area contributed by atoms with Crippen LogP contribution in [-0.4, -0.2) is 23.1 Å². The largest absolute Gasteiger partial charge is 0.463 e. The van der Waals surface area contributed by atoms with Gasteiger partial charge in [-0.3, -0.25) is 14.2 Å². The summed E-state index contributed by atoms with van der Waals surface area (Å²) in [6.07, 6.45) is 1.85. The highest BCUT2D eigenvalue weighted by molar-refractivity contribution is 7.07. The molecule has 0 saturated carbocycles. The predicted octanol–water partition coefficient (Wildman–Crippen LogP) is 3.85. The summed E-state index contributed by atoms with van der Waals surface area (Å²) in [7, 11) is 0. The fourth-order valence-corrected chi connectivity index (χ4v) is 5.17. The molecule has 0 aliphatic carbocycles. The first-order chi connectivity index (χ1) is 17.2. The van der Waals surface area contributed by atoms with E-state index >= 15 is 0 Å². The maximum absolute atomic E-state index is 13.7. The van der Waals surface area contributed by atoms with Crippen molar-refractivity contribution in [3.05, 3.63) is 96.2 Å². The number of thiazole rings is 1. The van der Waals surface area contributed by atoms with E-state index < -0.39 is 18.0 Å². The highest BCUT2D eigenvalue weighted by Gasteiger charge is 2.33. The normalized spacial score (nSPS) is 15.5. The number of nitrogens with zero attached hydrogens (tertiary/aromatic N) is 2. The van der Waals surface area contributed by atoms with Crippen molar-refractivity contribution in [2.24, 2.45) is 4.99 Å². The van der Waals surface area contributed by atoms with Gasteiger partial charge in [-0.25, -0.2) is 9.79 Å². The first-order valence-corrected chi connectivity index (χ1v) is 12.6. The van der Waals surface area contributed by atoms with E-state index in [4.69, 9.17) is 9.47 Å². The molecule has 1 atom stereocenters. The zero-order chi connectivity index (χ0) is 26.0. The van der Waals surface area contributed by atoms with Crippen molar-refractivity contribution in [3.8, 4) is 5.75 Å². The molecule has 1 aliphatic rings. The fourth-order valence-electron chi connectivity index (χ4n) is 4.12. The fraction of sp³-hybridized carbons (Fsp3) is 0.286. The maximum Gasteiger partial charge on any atom is 0.338 e. The van der Waals surface area contributed by atoms with Gasteiger partial charge in [0.15, 0.2) is 4.80 Å². The minimum absolute atomic E-state index is 0.199. The zero-order valence-corrected chi connectivity index (χ0v) is 21.7. The third kappa shape index (κ3) is 5.09. The van der Waals surface area contributed by atoms with Crippen molar-refractivity contribution < 1.29 is 19.1 Å². The Morgan fingerprint density at radius 1 is 1.11 bits per heavy atom. The van der Waals surface area contributed by atoms with Gasteiger partial charge in [-0.15, -0.1) is 0 Å².